The predicted molar refractivity (Wildman–Crippen MR) is 127 cm³/mol. The van der Waals surface area contributed by atoms with E-state index in [2.05, 4.69) is 10.0 Å². The molecule has 3 aromatic carbocycles. The van der Waals surface area contributed by atoms with Crippen LogP contribution < -0.4 is 24.2 Å². The fraction of sp³-hybridized carbons (Fsp3) is 0.208. The molecule has 3 rings (SSSR count). The molecule has 0 aliphatic carbocycles. The molecule has 12 heteroatoms. The number of anilines is 1. The largest absolute Gasteiger partial charge is 0.495 e. The number of rotatable bonds is 10. The van der Waals surface area contributed by atoms with E-state index in [0.29, 0.717) is 5.75 Å². The van der Waals surface area contributed by atoms with Crippen molar-refractivity contribution in [3.8, 4) is 17.2 Å². The molecule has 3 aromatic rings. The van der Waals surface area contributed by atoms with E-state index >= 15 is 0 Å². The van der Waals surface area contributed by atoms with Crippen molar-refractivity contribution < 1.29 is 41.3 Å². The van der Waals surface area contributed by atoms with Crippen LogP contribution in [0.25, 0.3) is 0 Å². The van der Waals surface area contributed by atoms with Crippen LogP contribution in [0.2, 0.25) is 0 Å². The smallest absolute Gasteiger partial charge is 0.241 e. The Kier molecular flexibility index (Phi) is 8.45. The van der Waals surface area contributed by atoms with Crippen molar-refractivity contribution in [3.05, 3.63) is 77.4 Å². The van der Waals surface area contributed by atoms with Gasteiger partial charge in [0.2, 0.25) is 15.9 Å². The molecule has 0 aliphatic rings. The van der Waals surface area contributed by atoms with Gasteiger partial charge < -0.3 is 24.6 Å². The van der Waals surface area contributed by atoms with Gasteiger partial charge in [-0.2, -0.15) is 0 Å². The Morgan fingerprint density at radius 1 is 0.917 bits per heavy atom. The minimum atomic E-state index is -4.13. The molecule has 192 valence electrons. The van der Waals surface area contributed by atoms with E-state index < -0.39 is 45.8 Å². The zero-order chi connectivity index (χ0) is 26.5. The van der Waals surface area contributed by atoms with Crippen LogP contribution in [0.15, 0.2) is 59.5 Å². The molecule has 9 nitrogen and oxygen atoms in total. The van der Waals surface area contributed by atoms with Crippen LogP contribution in [0.5, 0.6) is 17.2 Å². The molecule has 0 saturated carbocycles. The van der Waals surface area contributed by atoms with Crippen molar-refractivity contribution >= 4 is 21.6 Å². The summed E-state index contributed by atoms with van der Waals surface area (Å²) in [5.74, 6) is -2.21. The number of methoxy groups -OCH3 is 3. The minimum Gasteiger partial charge on any atom is -0.495 e. The summed E-state index contributed by atoms with van der Waals surface area (Å²) in [7, 11) is -0.0817. The van der Waals surface area contributed by atoms with E-state index in [4.69, 9.17) is 14.2 Å². The number of hydrogen-bond acceptors (Lipinski definition) is 7. The molecule has 3 N–H and O–H groups in total. The number of sulfonamides is 1. The van der Waals surface area contributed by atoms with Crippen molar-refractivity contribution in [3.63, 3.8) is 0 Å². The van der Waals surface area contributed by atoms with Gasteiger partial charge in [0.25, 0.3) is 0 Å². The first kappa shape index (κ1) is 26.9. The number of halogens is 2. The zero-order valence-electron chi connectivity index (χ0n) is 19.5. The molecule has 1 amide bonds. The molecule has 1 atom stereocenters. The lowest BCUT2D eigenvalue weighted by Crippen LogP contribution is -2.33. The van der Waals surface area contributed by atoms with Crippen molar-refractivity contribution in [2.24, 2.45) is 0 Å². The van der Waals surface area contributed by atoms with E-state index in [9.17, 15) is 27.1 Å². The summed E-state index contributed by atoms with van der Waals surface area (Å²) in [6.07, 6.45) is -1.79. The van der Waals surface area contributed by atoms with Gasteiger partial charge in [0.1, 0.15) is 23.5 Å². The molecule has 0 spiro atoms. The highest BCUT2D eigenvalue weighted by molar-refractivity contribution is 7.89. The van der Waals surface area contributed by atoms with Crippen LogP contribution in [-0.4, -0.2) is 47.3 Å². The second-order valence-corrected chi connectivity index (χ2v) is 9.12. The van der Waals surface area contributed by atoms with Gasteiger partial charge in [-0.25, -0.2) is 21.9 Å². The van der Waals surface area contributed by atoms with Gasteiger partial charge in [0, 0.05) is 11.6 Å². The normalized spacial score (nSPS) is 12.1. The molecule has 0 radical (unpaired) electrons. The number of aliphatic hydroxyl groups excluding tert-OH is 1. The number of aliphatic hydroxyl groups is 1. The maximum atomic E-state index is 14.3. The zero-order valence-corrected chi connectivity index (χ0v) is 20.4. The second kappa shape index (κ2) is 11.3. The maximum absolute atomic E-state index is 14.3. The molecule has 0 aliphatic heterocycles. The number of nitrogens with one attached hydrogen (secondary N) is 2. The number of carbonyl (C=O) groups is 1. The topological polar surface area (TPSA) is 123 Å². The van der Waals surface area contributed by atoms with Gasteiger partial charge in [0.15, 0.2) is 11.5 Å². The first-order chi connectivity index (χ1) is 17.1. The quantitative estimate of drug-likeness (QED) is 0.374. The number of ether oxygens (including phenoxy) is 3. The molecule has 0 fully saturated rings. The average Bonchev–Trinajstić information content (AvgIpc) is 2.87. The maximum Gasteiger partial charge on any atom is 0.241 e. The Balaban J connectivity index is 1.84. The molecule has 0 aromatic heterocycles. The number of benzene rings is 3. The lowest BCUT2D eigenvalue weighted by atomic mass is 9.98. The van der Waals surface area contributed by atoms with Crippen LogP contribution in [-0.2, 0) is 14.8 Å². The summed E-state index contributed by atoms with van der Waals surface area (Å²) in [5, 5.41) is 13.2. The first-order valence-corrected chi connectivity index (χ1v) is 11.9. The van der Waals surface area contributed by atoms with Gasteiger partial charge in [-0.05, 0) is 30.3 Å². The lowest BCUT2D eigenvalue weighted by molar-refractivity contribution is -0.115. The van der Waals surface area contributed by atoms with Crippen molar-refractivity contribution in [1.29, 1.82) is 0 Å². The van der Waals surface area contributed by atoms with E-state index in [1.807, 2.05) is 0 Å². The number of hydrogen-bond donors (Lipinski definition) is 3. The molecule has 0 saturated heterocycles. The fourth-order valence-electron chi connectivity index (χ4n) is 3.42. The van der Waals surface area contributed by atoms with E-state index in [1.54, 1.807) is 0 Å². The van der Waals surface area contributed by atoms with Crippen LogP contribution in [0, 0.1) is 11.6 Å². The van der Waals surface area contributed by atoms with Gasteiger partial charge in [0.05, 0.1) is 44.0 Å². The Hall–Kier alpha value is -3.74. The summed E-state index contributed by atoms with van der Waals surface area (Å²) >= 11 is 0. The van der Waals surface area contributed by atoms with Crippen molar-refractivity contribution in [1.82, 2.24) is 4.72 Å². The van der Waals surface area contributed by atoms with E-state index in [-0.39, 0.29) is 27.6 Å². The highest BCUT2D eigenvalue weighted by Crippen LogP contribution is 2.37. The van der Waals surface area contributed by atoms with Crippen LogP contribution in [0.3, 0.4) is 0 Å². The lowest BCUT2D eigenvalue weighted by Gasteiger charge is -2.20. The summed E-state index contributed by atoms with van der Waals surface area (Å²) in [5.41, 5.74) is -0.754. The molecular weight excluding hydrogens is 498 g/mol. The van der Waals surface area contributed by atoms with Gasteiger partial charge >= 0.3 is 0 Å². The fourth-order valence-corrected chi connectivity index (χ4v) is 4.42. The summed E-state index contributed by atoms with van der Waals surface area (Å²) in [6.45, 7) is -0.696. The average molecular weight is 523 g/mol. The monoisotopic (exact) mass is 522 g/mol. The Morgan fingerprint density at radius 3 is 2.14 bits per heavy atom. The van der Waals surface area contributed by atoms with Gasteiger partial charge in [-0.3, -0.25) is 4.79 Å². The van der Waals surface area contributed by atoms with Crippen molar-refractivity contribution in [2.45, 2.75) is 11.0 Å². The highest BCUT2D eigenvalue weighted by atomic mass is 32.2. The Bertz CT molecular complexity index is 1350. The van der Waals surface area contributed by atoms with E-state index in [0.717, 1.165) is 18.2 Å². The summed E-state index contributed by atoms with van der Waals surface area (Å²) < 4.78 is 71.5. The highest BCUT2D eigenvalue weighted by Gasteiger charge is 2.25. The number of carbonyl (C=O) groups excluding carboxylic acids is 1. The third-order valence-electron chi connectivity index (χ3n) is 5.20. The van der Waals surface area contributed by atoms with Crippen LogP contribution in [0.4, 0.5) is 14.5 Å². The number of amides is 1. The minimum absolute atomic E-state index is 0.0607. The van der Waals surface area contributed by atoms with Gasteiger partial charge in [-0.1, -0.05) is 18.2 Å². The summed E-state index contributed by atoms with van der Waals surface area (Å²) in [4.78, 5) is 12.5. The van der Waals surface area contributed by atoms with Crippen molar-refractivity contribution in [2.75, 3.05) is 33.2 Å². The third kappa shape index (κ3) is 5.73. The molecular formula is C24H24F2N2O7S. The summed E-state index contributed by atoms with van der Waals surface area (Å²) in [6, 6.07) is 11.3. The molecule has 1 unspecified atom stereocenters. The standard InChI is InChI=1S/C24H24F2N2O7S/c1-33-18-11-10-14(12-20(18)35-3)36(31,32)27-13-21(29)28-23-15(6-4-9-19(23)34-2)24(30)22-16(25)7-5-8-17(22)26/h4-12,24,27,30H,13H2,1-3H3,(H,28,29). The SMILES string of the molecule is COc1ccc(S(=O)(=O)NCC(=O)Nc2c(OC)cccc2C(O)c2c(F)cccc2F)cc1OC. The Labute approximate surface area is 206 Å². The number of para-hydroxylation sites is 1. The molecule has 0 heterocycles. The van der Waals surface area contributed by atoms with Gasteiger partial charge in [-0.15, -0.1) is 0 Å². The predicted octanol–water partition coefficient (Wildman–Crippen LogP) is 2.99. The third-order valence-corrected chi connectivity index (χ3v) is 6.60. The van der Waals surface area contributed by atoms with E-state index in [1.165, 1.54) is 57.7 Å². The van der Waals surface area contributed by atoms with Crippen LogP contribution in [0.1, 0.15) is 17.2 Å². The first-order valence-electron chi connectivity index (χ1n) is 10.4. The second-order valence-electron chi connectivity index (χ2n) is 7.35. The van der Waals surface area contributed by atoms with Crippen LogP contribution >= 0.6 is 0 Å². The molecule has 0 bridgehead atoms. The Morgan fingerprint density at radius 2 is 1.53 bits per heavy atom. The molecule has 36 heavy (non-hydrogen) atoms.